The summed E-state index contributed by atoms with van der Waals surface area (Å²) >= 11 is 0. The Kier molecular flexibility index (Phi) is 14.8. The van der Waals surface area contributed by atoms with Gasteiger partial charge in [-0.05, 0) is 47.5 Å². The van der Waals surface area contributed by atoms with Crippen LogP contribution in [0.5, 0.6) is 0 Å². The first-order valence-corrected chi connectivity index (χ1v) is 13.3. The third-order valence-electron chi connectivity index (χ3n) is 6.08. The first-order chi connectivity index (χ1) is 15.7. The smallest absolute Gasteiger partial charge is 0.412 e. The molecule has 1 amide bonds. The van der Waals surface area contributed by atoms with Crippen molar-refractivity contribution in [2.75, 3.05) is 19.8 Å². The third kappa shape index (κ3) is 13.9. The molecule has 0 aromatic rings. The standard InChI is InChI=1S/C28H51NO4/c1-7-8-9-10-11-12-13-14-15-16-17-18-19-20-21-22-31-23-25-24-32-28(5,6)29(25)26(30)33-27(2,3)4/h1,25H,8-24H2,2-6H3/t25-/m0/s1. The van der Waals surface area contributed by atoms with Crippen LogP contribution in [0.4, 0.5) is 4.79 Å². The van der Waals surface area contributed by atoms with Gasteiger partial charge in [0.15, 0.2) is 0 Å². The number of terminal acetylenes is 1. The summed E-state index contributed by atoms with van der Waals surface area (Å²) < 4.78 is 17.3. The van der Waals surface area contributed by atoms with E-state index in [1.165, 1.54) is 77.0 Å². The highest BCUT2D eigenvalue weighted by Crippen LogP contribution is 2.29. The van der Waals surface area contributed by atoms with Crippen molar-refractivity contribution in [1.29, 1.82) is 0 Å². The Balaban J connectivity index is 1.99. The number of nitrogens with zero attached hydrogens (tertiary/aromatic N) is 1. The van der Waals surface area contributed by atoms with Crippen LogP contribution in [0.25, 0.3) is 0 Å². The van der Waals surface area contributed by atoms with Crippen LogP contribution in [-0.4, -0.2) is 48.2 Å². The molecule has 1 aliphatic heterocycles. The van der Waals surface area contributed by atoms with Crippen LogP contribution in [-0.2, 0) is 14.2 Å². The van der Waals surface area contributed by atoms with Gasteiger partial charge >= 0.3 is 6.09 Å². The summed E-state index contributed by atoms with van der Waals surface area (Å²) in [7, 11) is 0. The van der Waals surface area contributed by atoms with Crippen LogP contribution in [0.3, 0.4) is 0 Å². The minimum atomic E-state index is -0.668. The van der Waals surface area contributed by atoms with Gasteiger partial charge in [-0.1, -0.05) is 70.6 Å². The lowest BCUT2D eigenvalue weighted by atomic mass is 10.0. The van der Waals surface area contributed by atoms with Crippen molar-refractivity contribution in [1.82, 2.24) is 4.90 Å². The predicted octanol–water partition coefficient (Wildman–Crippen LogP) is 7.47. The summed E-state index contributed by atoms with van der Waals surface area (Å²) in [5.41, 5.74) is -1.19. The Bertz CT molecular complexity index is 561. The van der Waals surface area contributed by atoms with Crippen molar-refractivity contribution >= 4 is 6.09 Å². The van der Waals surface area contributed by atoms with Crippen molar-refractivity contribution in [2.24, 2.45) is 0 Å². The van der Waals surface area contributed by atoms with Crippen LogP contribution in [0.2, 0.25) is 0 Å². The van der Waals surface area contributed by atoms with Gasteiger partial charge in [0.1, 0.15) is 11.3 Å². The molecule has 0 spiro atoms. The van der Waals surface area contributed by atoms with Crippen LogP contribution < -0.4 is 0 Å². The van der Waals surface area contributed by atoms with Gasteiger partial charge in [0.05, 0.1) is 19.3 Å². The van der Waals surface area contributed by atoms with E-state index in [2.05, 4.69) is 5.92 Å². The first-order valence-electron chi connectivity index (χ1n) is 13.3. The molecule has 0 aromatic heterocycles. The molecule has 1 heterocycles. The zero-order valence-electron chi connectivity index (χ0n) is 22.3. The monoisotopic (exact) mass is 465 g/mol. The fraction of sp³-hybridized carbons (Fsp3) is 0.893. The third-order valence-corrected chi connectivity index (χ3v) is 6.08. The van der Waals surface area contributed by atoms with Gasteiger partial charge in [-0.3, -0.25) is 4.90 Å². The van der Waals surface area contributed by atoms with E-state index in [-0.39, 0.29) is 12.1 Å². The van der Waals surface area contributed by atoms with E-state index >= 15 is 0 Å². The van der Waals surface area contributed by atoms with Gasteiger partial charge in [0.2, 0.25) is 0 Å². The summed E-state index contributed by atoms with van der Waals surface area (Å²) in [6, 6.07) is -0.0993. The fourth-order valence-corrected chi connectivity index (χ4v) is 4.28. The van der Waals surface area contributed by atoms with Crippen LogP contribution in [0.15, 0.2) is 0 Å². The van der Waals surface area contributed by atoms with Gasteiger partial charge in [0, 0.05) is 13.0 Å². The Hall–Kier alpha value is -1.25. The summed E-state index contributed by atoms with van der Waals surface area (Å²) in [6.45, 7) is 11.2. The second-order valence-corrected chi connectivity index (χ2v) is 10.9. The molecule has 1 atom stereocenters. The molecule has 1 rings (SSSR count). The highest BCUT2D eigenvalue weighted by Gasteiger charge is 2.45. The number of unbranched alkanes of at least 4 members (excludes halogenated alkanes) is 13. The second-order valence-electron chi connectivity index (χ2n) is 10.9. The Labute approximate surface area is 204 Å². The zero-order valence-corrected chi connectivity index (χ0v) is 22.3. The molecule has 33 heavy (non-hydrogen) atoms. The number of hydrogen-bond donors (Lipinski definition) is 0. The van der Waals surface area contributed by atoms with Crippen molar-refractivity contribution in [3.63, 3.8) is 0 Å². The first kappa shape index (κ1) is 29.8. The zero-order chi connectivity index (χ0) is 24.6. The van der Waals surface area contributed by atoms with Crippen molar-refractivity contribution < 1.29 is 19.0 Å². The molecular weight excluding hydrogens is 414 g/mol. The van der Waals surface area contributed by atoms with E-state index in [0.717, 1.165) is 19.4 Å². The van der Waals surface area contributed by atoms with Crippen LogP contribution in [0, 0.1) is 12.3 Å². The number of ether oxygens (including phenoxy) is 3. The van der Waals surface area contributed by atoms with Crippen molar-refractivity contribution in [3.8, 4) is 12.3 Å². The average molecular weight is 466 g/mol. The second kappa shape index (κ2) is 16.4. The van der Waals surface area contributed by atoms with E-state index in [1.807, 2.05) is 34.6 Å². The molecule has 0 bridgehead atoms. The van der Waals surface area contributed by atoms with Gasteiger partial charge in [0.25, 0.3) is 0 Å². The van der Waals surface area contributed by atoms with Gasteiger partial charge < -0.3 is 14.2 Å². The lowest BCUT2D eigenvalue weighted by Crippen LogP contribution is -2.51. The van der Waals surface area contributed by atoms with E-state index in [4.69, 9.17) is 20.6 Å². The Morgan fingerprint density at radius 2 is 1.42 bits per heavy atom. The van der Waals surface area contributed by atoms with Gasteiger partial charge in [-0.25, -0.2) is 4.79 Å². The highest BCUT2D eigenvalue weighted by atomic mass is 16.6. The molecule has 0 aliphatic carbocycles. The van der Waals surface area contributed by atoms with Gasteiger partial charge in [-0.2, -0.15) is 0 Å². The number of carbonyl (C=O) groups excluding carboxylic acids is 1. The quantitative estimate of drug-likeness (QED) is 0.165. The Morgan fingerprint density at radius 3 is 1.91 bits per heavy atom. The molecule has 1 saturated heterocycles. The molecule has 0 unspecified atom stereocenters. The number of rotatable bonds is 17. The molecule has 0 N–H and O–H groups in total. The van der Waals surface area contributed by atoms with Crippen LogP contribution in [0.1, 0.15) is 125 Å². The number of amides is 1. The molecule has 192 valence electrons. The molecule has 1 fully saturated rings. The predicted molar refractivity (Wildman–Crippen MR) is 136 cm³/mol. The lowest BCUT2D eigenvalue weighted by molar-refractivity contribution is -0.0655. The van der Waals surface area contributed by atoms with Crippen LogP contribution >= 0.6 is 0 Å². The van der Waals surface area contributed by atoms with E-state index < -0.39 is 11.3 Å². The fourth-order valence-electron chi connectivity index (χ4n) is 4.28. The van der Waals surface area contributed by atoms with Crippen molar-refractivity contribution in [3.05, 3.63) is 0 Å². The lowest BCUT2D eigenvalue weighted by Gasteiger charge is -2.35. The van der Waals surface area contributed by atoms with Crippen molar-refractivity contribution in [2.45, 2.75) is 142 Å². The molecule has 1 aliphatic rings. The minimum absolute atomic E-state index is 0.0993. The van der Waals surface area contributed by atoms with E-state index in [0.29, 0.717) is 13.2 Å². The minimum Gasteiger partial charge on any atom is -0.444 e. The number of carbonyl (C=O) groups is 1. The maximum atomic E-state index is 12.6. The summed E-state index contributed by atoms with van der Waals surface area (Å²) in [5.74, 6) is 2.71. The number of hydrogen-bond acceptors (Lipinski definition) is 4. The molecule has 0 radical (unpaired) electrons. The Morgan fingerprint density at radius 1 is 0.939 bits per heavy atom. The molecule has 5 heteroatoms. The summed E-state index contributed by atoms with van der Waals surface area (Å²) in [4.78, 5) is 14.3. The highest BCUT2D eigenvalue weighted by molar-refractivity contribution is 5.69. The maximum Gasteiger partial charge on any atom is 0.412 e. The molecule has 0 saturated carbocycles. The maximum absolute atomic E-state index is 12.6. The molecule has 5 nitrogen and oxygen atoms in total. The largest absolute Gasteiger partial charge is 0.444 e. The molecular formula is C28H51NO4. The topological polar surface area (TPSA) is 48.0 Å². The van der Waals surface area contributed by atoms with E-state index in [1.54, 1.807) is 4.90 Å². The normalized spacial score (nSPS) is 17.8. The average Bonchev–Trinajstić information content (AvgIpc) is 3.03. The summed E-state index contributed by atoms with van der Waals surface area (Å²) in [5, 5.41) is 0. The summed E-state index contributed by atoms with van der Waals surface area (Å²) in [6.07, 6.45) is 22.8. The molecule has 0 aromatic carbocycles. The van der Waals surface area contributed by atoms with E-state index in [9.17, 15) is 4.79 Å². The van der Waals surface area contributed by atoms with Gasteiger partial charge in [-0.15, -0.1) is 12.3 Å². The SMILES string of the molecule is C#CCCCCCCCCCCCCCCCOC[C@H]1COC(C)(C)N1C(=O)OC(C)(C)C.